The molecule has 0 spiro atoms. The van der Waals surface area contributed by atoms with E-state index in [4.69, 9.17) is 14.2 Å². The van der Waals surface area contributed by atoms with Gasteiger partial charge in [-0.2, -0.15) is 0 Å². The number of fused-ring (bicyclic) bond motifs is 1. The normalized spacial score (nSPS) is 13.3. The summed E-state index contributed by atoms with van der Waals surface area (Å²) in [7, 11) is 1.76. The molecule has 0 amide bonds. The molecule has 6 heteroatoms. The number of hydrogen-bond acceptors (Lipinski definition) is 4. The van der Waals surface area contributed by atoms with Gasteiger partial charge in [0.25, 0.3) is 0 Å². The zero-order valence-electron chi connectivity index (χ0n) is 12.6. The molecular formula is C15H23N3O3. The molecule has 0 aliphatic carbocycles. The predicted molar refractivity (Wildman–Crippen MR) is 81.9 cm³/mol. The minimum absolute atomic E-state index is 0.301. The van der Waals surface area contributed by atoms with Crippen molar-refractivity contribution >= 4 is 5.96 Å². The quantitative estimate of drug-likeness (QED) is 0.453. The summed E-state index contributed by atoms with van der Waals surface area (Å²) in [6, 6.07) is 5.93. The van der Waals surface area contributed by atoms with Gasteiger partial charge >= 0.3 is 0 Å². The van der Waals surface area contributed by atoms with Crippen LogP contribution in [0.4, 0.5) is 0 Å². The third-order valence-electron chi connectivity index (χ3n) is 3.08. The fourth-order valence-corrected chi connectivity index (χ4v) is 1.98. The molecule has 0 radical (unpaired) electrons. The summed E-state index contributed by atoms with van der Waals surface area (Å²) in [5.41, 5.74) is 1.12. The smallest absolute Gasteiger partial charge is 0.231 e. The predicted octanol–water partition coefficient (Wildman–Crippen LogP) is 1.51. The maximum absolute atomic E-state index is 5.36. The van der Waals surface area contributed by atoms with Crippen LogP contribution in [0.3, 0.4) is 0 Å². The van der Waals surface area contributed by atoms with Gasteiger partial charge in [-0.3, -0.25) is 4.99 Å². The zero-order valence-corrected chi connectivity index (χ0v) is 12.6. The maximum atomic E-state index is 5.36. The van der Waals surface area contributed by atoms with E-state index in [2.05, 4.69) is 15.6 Å². The molecule has 0 atom stereocenters. The van der Waals surface area contributed by atoms with E-state index >= 15 is 0 Å². The highest BCUT2D eigenvalue weighted by Crippen LogP contribution is 2.32. The van der Waals surface area contributed by atoms with Crippen molar-refractivity contribution in [2.45, 2.75) is 19.9 Å². The highest BCUT2D eigenvalue weighted by molar-refractivity contribution is 5.79. The number of hydrogen-bond donors (Lipinski definition) is 2. The first-order valence-electron chi connectivity index (χ1n) is 7.24. The van der Waals surface area contributed by atoms with E-state index in [1.54, 1.807) is 7.05 Å². The van der Waals surface area contributed by atoms with Gasteiger partial charge in [-0.05, 0) is 31.0 Å². The van der Waals surface area contributed by atoms with Crippen LogP contribution in [0.2, 0.25) is 0 Å². The molecule has 1 aliphatic heterocycles. The highest BCUT2D eigenvalue weighted by Gasteiger charge is 2.13. The van der Waals surface area contributed by atoms with Crippen molar-refractivity contribution in [3.05, 3.63) is 23.8 Å². The molecule has 0 aromatic heterocycles. The number of nitrogens with zero attached hydrogens (tertiary/aromatic N) is 1. The lowest BCUT2D eigenvalue weighted by atomic mass is 10.2. The van der Waals surface area contributed by atoms with Crippen LogP contribution < -0.4 is 20.1 Å². The lowest BCUT2D eigenvalue weighted by Gasteiger charge is -2.12. The van der Waals surface area contributed by atoms with E-state index in [-0.39, 0.29) is 0 Å². The lowest BCUT2D eigenvalue weighted by Crippen LogP contribution is -2.37. The van der Waals surface area contributed by atoms with Crippen LogP contribution in [0.1, 0.15) is 18.9 Å². The second-order valence-electron chi connectivity index (χ2n) is 4.59. The Morgan fingerprint density at radius 3 is 2.95 bits per heavy atom. The number of aliphatic imine (C=N–C) groups is 1. The van der Waals surface area contributed by atoms with Crippen molar-refractivity contribution in [2.24, 2.45) is 4.99 Å². The third-order valence-corrected chi connectivity index (χ3v) is 3.08. The van der Waals surface area contributed by atoms with Crippen LogP contribution >= 0.6 is 0 Å². The van der Waals surface area contributed by atoms with Crippen LogP contribution in [0, 0.1) is 0 Å². The van der Waals surface area contributed by atoms with Gasteiger partial charge in [-0.25, -0.2) is 0 Å². The number of nitrogens with one attached hydrogen (secondary N) is 2. The second kappa shape index (κ2) is 8.36. The molecule has 0 saturated carbocycles. The Morgan fingerprint density at radius 2 is 2.14 bits per heavy atom. The van der Waals surface area contributed by atoms with Gasteiger partial charge in [-0.1, -0.05) is 6.07 Å². The van der Waals surface area contributed by atoms with Crippen LogP contribution in [-0.2, 0) is 11.3 Å². The number of ether oxygens (including phenoxy) is 3. The molecule has 6 nitrogen and oxygen atoms in total. The average molecular weight is 293 g/mol. The summed E-state index contributed by atoms with van der Waals surface area (Å²) in [5.74, 6) is 2.38. The summed E-state index contributed by atoms with van der Waals surface area (Å²) in [5, 5.41) is 6.52. The molecule has 1 heterocycles. The number of benzene rings is 1. The standard InChI is InChI=1S/C15H23N3O3/c1-3-19-8-4-7-17-15(16-2)18-10-12-5-6-13-14(9-12)21-11-20-13/h5-6,9H,3-4,7-8,10-11H2,1-2H3,(H2,16,17,18). The van der Waals surface area contributed by atoms with Crippen molar-refractivity contribution in [3.8, 4) is 11.5 Å². The van der Waals surface area contributed by atoms with Gasteiger partial charge in [0.1, 0.15) is 0 Å². The second-order valence-corrected chi connectivity index (χ2v) is 4.59. The zero-order chi connectivity index (χ0) is 14.9. The summed E-state index contributed by atoms with van der Waals surface area (Å²) >= 11 is 0. The van der Waals surface area contributed by atoms with Gasteiger partial charge in [0.15, 0.2) is 17.5 Å². The lowest BCUT2D eigenvalue weighted by molar-refractivity contribution is 0.145. The first-order chi connectivity index (χ1) is 10.3. The molecule has 0 unspecified atom stereocenters. The fraction of sp³-hybridized carbons (Fsp3) is 0.533. The summed E-state index contributed by atoms with van der Waals surface area (Å²) < 4.78 is 16.0. The number of rotatable bonds is 7. The summed E-state index contributed by atoms with van der Waals surface area (Å²) in [4.78, 5) is 4.19. The topological polar surface area (TPSA) is 64.1 Å². The minimum Gasteiger partial charge on any atom is -0.454 e. The molecule has 0 saturated heterocycles. The van der Waals surface area contributed by atoms with Crippen molar-refractivity contribution in [1.82, 2.24) is 10.6 Å². The SMILES string of the molecule is CCOCCCNC(=NC)NCc1ccc2c(c1)OCO2. The first kappa shape index (κ1) is 15.4. The van der Waals surface area contributed by atoms with Crippen LogP contribution in [0.25, 0.3) is 0 Å². The van der Waals surface area contributed by atoms with E-state index in [0.717, 1.165) is 49.2 Å². The van der Waals surface area contributed by atoms with Crippen molar-refractivity contribution < 1.29 is 14.2 Å². The largest absolute Gasteiger partial charge is 0.454 e. The minimum atomic E-state index is 0.301. The monoisotopic (exact) mass is 293 g/mol. The molecule has 1 aliphatic rings. The molecule has 2 N–H and O–H groups in total. The third kappa shape index (κ3) is 4.82. The Hall–Kier alpha value is -1.95. The van der Waals surface area contributed by atoms with Gasteiger partial charge in [0.2, 0.25) is 6.79 Å². The molecule has 116 valence electrons. The van der Waals surface area contributed by atoms with E-state index in [9.17, 15) is 0 Å². The Labute approximate surface area is 125 Å². The molecule has 0 bridgehead atoms. The van der Waals surface area contributed by atoms with Crippen LogP contribution in [0.15, 0.2) is 23.2 Å². The molecule has 1 aromatic rings. The molecule has 0 fully saturated rings. The number of guanidine groups is 1. The van der Waals surface area contributed by atoms with E-state index in [0.29, 0.717) is 13.3 Å². The van der Waals surface area contributed by atoms with Gasteiger partial charge in [0, 0.05) is 33.4 Å². The van der Waals surface area contributed by atoms with Crippen molar-refractivity contribution in [3.63, 3.8) is 0 Å². The molecular weight excluding hydrogens is 270 g/mol. The van der Waals surface area contributed by atoms with Gasteiger partial charge in [0.05, 0.1) is 0 Å². The molecule has 2 rings (SSSR count). The summed E-state index contributed by atoms with van der Waals surface area (Å²) in [6.45, 7) is 5.34. The van der Waals surface area contributed by atoms with E-state index in [1.165, 1.54) is 0 Å². The van der Waals surface area contributed by atoms with Crippen LogP contribution in [0.5, 0.6) is 11.5 Å². The fourth-order valence-electron chi connectivity index (χ4n) is 1.98. The van der Waals surface area contributed by atoms with Crippen molar-refractivity contribution in [1.29, 1.82) is 0 Å². The maximum Gasteiger partial charge on any atom is 0.231 e. The Kier molecular flexibility index (Phi) is 6.15. The Balaban J connectivity index is 1.73. The van der Waals surface area contributed by atoms with E-state index < -0.39 is 0 Å². The average Bonchev–Trinajstić information content (AvgIpc) is 2.97. The van der Waals surface area contributed by atoms with Gasteiger partial charge in [-0.15, -0.1) is 0 Å². The Bertz CT molecular complexity index is 477. The molecule has 21 heavy (non-hydrogen) atoms. The van der Waals surface area contributed by atoms with Gasteiger partial charge < -0.3 is 24.8 Å². The molecule has 1 aromatic carbocycles. The van der Waals surface area contributed by atoms with Crippen LogP contribution in [-0.4, -0.2) is 39.6 Å². The van der Waals surface area contributed by atoms with Crippen molar-refractivity contribution in [2.75, 3.05) is 33.6 Å². The Morgan fingerprint density at radius 1 is 1.29 bits per heavy atom. The summed E-state index contributed by atoms with van der Waals surface area (Å²) in [6.07, 6.45) is 0.957. The highest BCUT2D eigenvalue weighted by atomic mass is 16.7. The van der Waals surface area contributed by atoms with E-state index in [1.807, 2.05) is 25.1 Å². The first-order valence-corrected chi connectivity index (χ1v) is 7.24.